The van der Waals surface area contributed by atoms with Gasteiger partial charge in [0.15, 0.2) is 0 Å². The summed E-state index contributed by atoms with van der Waals surface area (Å²) < 4.78 is 1.93. The molecule has 0 radical (unpaired) electrons. The fraction of sp³-hybridized carbons (Fsp3) is 0.750. The van der Waals surface area contributed by atoms with Gasteiger partial charge in [-0.15, -0.1) is 0 Å². The third-order valence-electron chi connectivity index (χ3n) is 4.94. The van der Waals surface area contributed by atoms with Crippen molar-refractivity contribution in [2.75, 3.05) is 13.1 Å². The van der Waals surface area contributed by atoms with Crippen LogP contribution in [0.2, 0.25) is 0 Å². The topological polar surface area (TPSA) is 76.2 Å². The maximum absolute atomic E-state index is 12.5. The van der Waals surface area contributed by atoms with Gasteiger partial charge in [0.1, 0.15) is 0 Å². The Morgan fingerprint density at radius 3 is 2.64 bits per heavy atom. The van der Waals surface area contributed by atoms with Crippen molar-refractivity contribution in [3.8, 4) is 0 Å². The summed E-state index contributed by atoms with van der Waals surface area (Å²) in [5, 5.41) is 3.20. The van der Waals surface area contributed by atoms with E-state index < -0.39 is 0 Å². The second-order valence-electron chi connectivity index (χ2n) is 6.78. The van der Waals surface area contributed by atoms with E-state index in [0.717, 1.165) is 18.5 Å². The van der Waals surface area contributed by atoms with Crippen molar-refractivity contribution >= 4 is 6.03 Å². The largest absolute Gasteiger partial charge is 0.340 e. The summed E-state index contributed by atoms with van der Waals surface area (Å²) in [4.78, 5) is 18.7. The molecule has 1 aromatic rings. The lowest BCUT2D eigenvalue weighted by molar-refractivity contribution is 0.202. The van der Waals surface area contributed by atoms with Crippen LogP contribution in [0.25, 0.3) is 0 Å². The molecule has 6 nitrogen and oxygen atoms in total. The van der Waals surface area contributed by atoms with Gasteiger partial charge in [0, 0.05) is 44.3 Å². The Morgan fingerprint density at radius 1 is 1.27 bits per heavy atom. The van der Waals surface area contributed by atoms with E-state index >= 15 is 0 Å². The van der Waals surface area contributed by atoms with Gasteiger partial charge in [-0.05, 0) is 12.8 Å². The Morgan fingerprint density at radius 2 is 2.00 bits per heavy atom. The summed E-state index contributed by atoms with van der Waals surface area (Å²) >= 11 is 0. The van der Waals surface area contributed by atoms with E-state index in [0.29, 0.717) is 19.1 Å². The highest BCUT2D eigenvalue weighted by Gasteiger charge is 2.35. The van der Waals surface area contributed by atoms with Gasteiger partial charge in [-0.1, -0.05) is 25.7 Å². The monoisotopic (exact) mass is 305 g/mol. The lowest BCUT2D eigenvalue weighted by atomic mass is 10.0. The summed E-state index contributed by atoms with van der Waals surface area (Å²) in [6.07, 6.45) is 11.0. The summed E-state index contributed by atoms with van der Waals surface area (Å²) in [5.74, 6) is 0.140. The Balaban J connectivity index is 1.57. The normalized spacial score (nSPS) is 26.9. The minimum atomic E-state index is -0.0326. The molecule has 3 rings (SSSR count). The molecule has 1 aromatic heterocycles. The van der Waals surface area contributed by atoms with E-state index in [1.54, 1.807) is 6.33 Å². The summed E-state index contributed by atoms with van der Waals surface area (Å²) in [6.45, 7) is 1.27. The summed E-state index contributed by atoms with van der Waals surface area (Å²) in [7, 11) is 1.95. The second kappa shape index (κ2) is 6.69. The van der Waals surface area contributed by atoms with Crippen LogP contribution in [0.4, 0.5) is 4.79 Å². The first-order chi connectivity index (χ1) is 10.6. The van der Waals surface area contributed by atoms with Gasteiger partial charge in [-0.3, -0.25) is 0 Å². The Kier molecular flexibility index (Phi) is 4.66. The van der Waals surface area contributed by atoms with Gasteiger partial charge >= 0.3 is 6.03 Å². The number of urea groups is 1. The zero-order chi connectivity index (χ0) is 15.5. The smallest absolute Gasteiger partial charge is 0.317 e. The molecule has 1 aliphatic carbocycles. The molecule has 0 spiro atoms. The molecular formula is C16H27N5O. The van der Waals surface area contributed by atoms with Crippen molar-refractivity contribution < 1.29 is 4.79 Å². The average molecular weight is 305 g/mol. The molecule has 122 valence electrons. The van der Waals surface area contributed by atoms with Gasteiger partial charge in [0.25, 0.3) is 0 Å². The second-order valence-corrected chi connectivity index (χ2v) is 6.78. The van der Waals surface area contributed by atoms with Crippen molar-refractivity contribution in [2.45, 2.75) is 56.5 Å². The van der Waals surface area contributed by atoms with Crippen LogP contribution in [-0.2, 0) is 7.05 Å². The minimum absolute atomic E-state index is 0.0326. The molecule has 2 fully saturated rings. The van der Waals surface area contributed by atoms with Crippen molar-refractivity contribution in [3.05, 3.63) is 18.2 Å². The van der Waals surface area contributed by atoms with Gasteiger partial charge in [0.05, 0.1) is 12.0 Å². The number of aromatic nitrogens is 2. The molecule has 1 saturated heterocycles. The average Bonchev–Trinajstić information content (AvgIpc) is 2.98. The highest BCUT2D eigenvalue weighted by molar-refractivity contribution is 5.75. The number of carbonyl (C=O) groups is 1. The number of hydrogen-bond acceptors (Lipinski definition) is 3. The van der Waals surface area contributed by atoms with Crippen molar-refractivity contribution in [3.63, 3.8) is 0 Å². The zero-order valence-electron chi connectivity index (χ0n) is 13.4. The molecule has 3 N–H and O–H groups in total. The van der Waals surface area contributed by atoms with Crippen LogP contribution >= 0.6 is 0 Å². The molecule has 2 amide bonds. The molecule has 1 aliphatic heterocycles. The summed E-state index contributed by atoms with van der Waals surface area (Å²) in [5.41, 5.74) is 7.22. The lowest BCUT2D eigenvalue weighted by Crippen LogP contribution is -2.44. The van der Waals surface area contributed by atoms with E-state index in [2.05, 4.69) is 10.3 Å². The van der Waals surface area contributed by atoms with Gasteiger partial charge in [-0.2, -0.15) is 0 Å². The Bertz CT molecular complexity index is 506. The number of rotatable bonds is 2. The molecule has 0 aromatic carbocycles. The fourth-order valence-corrected chi connectivity index (χ4v) is 3.62. The first-order valence-electron chi connectivity index (χ1n) is 8.42. The van der Waals surface area contributed by atoms with Crippen molar-refractivity contribution in [1.82, 2.24) is 19.8 Å². The Hall–Kier alpha value is -1.56. The molecule has 2 aliphatic rings. The highest BCUT2D eigenvalue weighted by Crippen LogP contribution is 2.25. The fourth-order valence-electron chi connectivity index (χ4n) is 3.62. The third-order valence-corrected chi connectivity index (χ3v) is 4.94. The molecule has 0 unspecified atom stereocenters. The van der Waals surface area contributed by atoms with Crippen LogP contribution in [0.15, 0.2) is 12.5 Å². The number of imidazole rings is 1. The maximum atomic E-state index is 12.5. The van der Waals surface area contributed by atoms with E-state index in [9.17, 15) is 4.79 Å². The van der Waals surface area contributed by atoms with E-state index in [4.69, 9.17) is 5.73 Å². The number of nitrogens with two attached hydrogens (primary N) is 1. The number of carbonyl (C=O) groups excluding carboxylic acids is 1. The van der Waals surface area contributed by atoms with Crippen LogP contribution in [0, 0.1) is 0 Å². The molecule has 0 bridgehead atoms. The standard InChI is InChI=1S/C16H27N5O/c1-20-10-15(18-11-20)13-8-21(9-14(13)17)16(22)19-12-6-4-2-3-5-7-12/h10-14H,2-9,17H2,1H3,(H,19,22)/t13-,14-/m1/s1. The number of nitrogens with one attached hydrogen (secondary N) is 1. The van der Waals surface area contributed by atoms with Gasteiger partial charge in [-0.25, -0.2) is 9.78 Å². The number of nitrogens with zero attached hydrogens (tertiary/aromatic N) is 3. The number of likely N-dealkylation sites (tertiary alicyclic amines) is 1. The van der Waals surface area contributed by atoms with Crippen LogP contribution in [-0.4, -0.2) is 45.7 Å². The van der Waals surface area contributed by atoms with E-state index in [1.165, 1.54) is 25.7 Å². The van der Waals surface area contributed by atoms with Crippen LogP contribution in [0.1, 0.15) is 50.1 Å². The number of hydrogen-bond donors (Lipinski definition) is 2. The predicted molar refractivity (Wildman–Crippen MR) is 85.5 cm³/mol. The van der Waals surface area contributed by atoms with Crippen molar-refractivity contribution in [2.24, 2.45) is 12.8 Å². The maximum Gasteiger partial charge on any atom is 0.317 e. The molecule has 22 heavy (non-hydrogen) atoms. The molecule has 1 saturated carbocycles. The summed E-state index contributed by atoms with van der Waals surface area (Å²) in [6, 6.07) is 0.343. The predicted octanol–water partition coefficient (Wildman–Crippen LogP) is 1.58. The quantitative estimate of drug-likeness (QED) is 0.815. The molecular weight excluding hydrogens is 278 g/mol. The SMILES string of the molecule is Cn1cnc([C@@H]2CN(C(=O)NC3CCCCCC3)C[C@H]2N)c1. The molecule has 2 atom stereocenters. The van der Waals surface area contributed by atoms with E-state index in [-0.39, 0.29) is 18.0 Å². The first kappa shape index (κ1) is 15.3. The number of amides is 2. The molecule has 2 heterocycles. The van der Waals surface area contributed by atoms with Crippen LogP contribution in [0.5, 0.6) is 0 Å². The Labute approximate surface area is 132 Å². The molecule has 6 heteroatoms. The number of aryl methyl sites for hydroxylation is 1. The van der Waals surface area contributed by atoms with Crippen LogP contribution in [0.3, 0.4) is 0 Å². The van der Waals surface area contributed by atoms with Crippen LogP contribution < -0.4 is 11.1 Å². The first-order valence-corrected chi connectivity index (χ1v) is 8.42. The van der Waals surface area contributed by atoms with Crippen molar-refractivity contribution in [1.29, 1.82) is 0 Å². The van der Waals surface area contributed by atoms with Gasteiger partial charge in [0.2, 0.25) is 0 Å². The lowest BCUT2D eigenvalue weighted by Gasteiger charge is -2.22. The third kappa shape index (κ3) is 3.43. The highest BCUT2D eigenvalue weighted by atomic mass is 16.2. The minimum Gasteiger partial charge on any atom is -0.340 e. The van der Waals surface area contributed by atoms with Gasteiger partial charge < -0.3 is 20.5 Å². The van der Waals surface area contributed by atoms with E-state index in [1.807, 2.05) is 22.7 Å². The zero-order valence-corrected chi connectivity index (χ0v) is 13.4.